The van der Waals surface area contributed by atoms with E-state index in [9.17, 15) is 26.3 Å². The average molecular weight is 772 g/mol. The Hall–Kier alpha value is -1.38. The Morgan fingerprint density at radius 2 is 0.649 bits per heavy atom. The number of benzene rings is 4. The summed E-state index contributed by atoms with van der Waals surface area (Å²) < 4.78 is 88.9. The molecule has 0 aromatic heterocycles. The van der Waals surface area contributed by atoms with Crippen molar-refractivity contribution in [3.8, 4) is 0 Å². The maximum atomic E-state index is 14.5. The van der Waals surface area contributed by atoms with Crippen molar-refractivity contribution in [2.75, 3.05) is 0 Å². The summed E-state index contributed by atoms with van der Waals surface area (Å²) in [6, 6.07) is 23.7. The third-order valence-electron chi connectivity index (χ3n) is 5.52. The molecule has 4 aromatic rings. The molecular weight excluding hydrogens is 756 g/mol. The van der Waals surface area contributed by atoms with Gasteiger partial charge < -0.3 is 0 Å². The predicted octanol–water partition coefficient (Wildman–Crippen LogP) is 10.6. The Morgan fingerprint density at radius 1 is 0.405 bits per heavy atom. The average Bonchev–Trinajstić information content (AvgIpc) is 2.83. The Balaban J connectivity index is 1.71. The van der Waals surface area contributed by atoms with E-state index in [1.807, 2.05) is 48.5 Å². The van der Waals surface area contributed by atoms with Crippen LogP contribution in [0.25, 0.3) is 0 Å². The summed E-state index contributed by atoms with van der Waals surface area (Å²) in [5.74, 6) is 0. The monoisotopic (exact) mass is 772 g/mol. The maximum absolute atomic E-state index is 14.5. The zero-order valence-electron chi connectivity index (χ0n) is 18.6. The first-order valence-corrected chi connectivity index (χ1v) is 14.4. The van der Waals surface area contributed by atoms with E-state index in [0.717, 1.165) is 41.2 Å². The van der Waals surface area contributed by atoms with Gasteiger partial charge in [0.2, 0.25) is 5.41 Å². The van der Waals surface area contributed by atoms with E-state index in [1.54, 1.807) is 0 Å². The third-order valence-corrected chi connectivity index (χ3v) is 8.99. The first-order valence-electron chi connectivity index (χ1n) is 10.6. The van der Waals surface area contributed by atoms with E-state index >= 15 is 0 Å². The van der Waals surface area contributed by atoms with Gasteiger partial charge in [-0.1, -0.05) is 47.8 Å². The van der Waals surface area contributed by atoms with Crippen molar-refractivity contribution in [2.24, 2.45) is 0 Å². The van der Waals surface area contributed by atoms with Gasteiger partial charge >= 0.3 is 12.4 Å². The lowest BCUT2D eigenvalue weighted by Crippen LogP contribution is -2.54. The topological polar surface area (TPSA) is 0 Å². The van der Waals surface area contributed by atoms with Gasteiger partial charge in [0.1, 0.15) is 0 Å². The fraction of sp³-hybridized carbons (Fsp3) is 0.111. The van der Waals surface area contributed by atoms with E-state index < -0.39 is 28.9 Å². The maximum Gasteiger partial charge on any atom is 0.411 e. The zero-order valence-corrected chi connectivity index (χ0v) is 24.5. The van der Waals surface area contributed by atoms with Gasteiger partial charge in [-0.05, 0) is 129 Å². The van der Waals surface area contributed by atoms with Gasteiger partial charge in [-0.15, -0.1) is 0 Å². The van der Waals surface area contributed by atoms with E-state index in [4.69, 9.17) is 0 Å². The molecule has 0 radical (unpaired) electrons. The van der Waals surface area contributed by atoms with E-state index in [0.29, 0.717) is 9.79 Å². The number of alkyl halides is 6. The summed E-state index contributed by atoms with van der Waals surface area (Å²) in [6.45, 7) is 0. The minimum absolute atomic E-state index is 0.535. The summed E-state index contributed by atoms with van der Waals surface area (Å²) >= 11 is 6.81. The predicted molar refractivity (Wildman–Crippen MR) is 152 cm³/mol. The minimum atomic E-state index is -5.62. The van der Waals surface area contributed by atoms with Gasteiger partial charge in [0.05, 0.1) is 0 Å². The highest BCUT2D eigenvalue weighted by Crippen LogP contribution is 2.56. The van der Waals surface area contributed by atoms with Gasteiger partial charge in [0.15, 0.2) is 0 Å². The molecule has 0 aliphatic rings. The zero-order chi connectivity index (χ0) is 26.8. The first kappa shape index (κ1) is 28.6. The second-order valence-corrected chi connectivity index (χ2v) is 12.7. The van der Waals surface area contributed by atoms with Crippen molar-refractivity contribution in [3.63, 3.8) is 0 Å². The van der Waals surface area contributed by atoms with Crippen molar-refractivity contribution in [2.45, 2.75) is 37.3 Å². The van der Waals surface area contributed by atoms with Gasteiger partial charge in [-0.2, -0.15) is 26.3 Å². The Morgan fingerprint density at radius 3 is 0.892 bits per heavy atom. The van der Waals surface area contributed by atoms with Crippen molar-refractivity contribution >= 4 is 68.7 Å². The van der Waals surface area contributed by atoms with Crippen molar-refractivity contribution in [3.05, 3.63) is 115 Å². The van der Waals surface area contributed by atoms with Crippen LogP contribution in [0.15, 0.2) is 117 Å². The highest BCUT2D eigenvalue weighted by molar-refractivity contribution is 14.1. The standard InChI is InChI=1S/C27H16F6I2S2/c28-26(29,30)25(27(31,32)33,17-1-9-21(10-2-17)36-23-13-5-19(34)6-14-23)18-3-11-22(12-4-18)37-24-15-7-20(35)8-16-24/h1-16H. The summed E-state index contributed by atoms with van der Waals surface area (Å²) in [7, 11) is 0. The lowest BCUT2D eigenvalue weighted by atomic mass is 9.73. The van der Waals surface area contributed by atoms with Gasteiger partial charge in [0.25, 0.3) is 0 Å². The van der Waals surface area contributed by atoms with Gasteiger partial charge in [0, 0.05) is 26.7 Å². The molecule has 0 atom stereocenters. The highest BCUT2D eigenvalue weighted by Gasteiger charge is 2.72. The van der Waals surface area contributed by atoms with Crippen LogP contribution < -0.4 is 0 Å². The molecule has 4 rings (SSSR count). The first-order chi connectivity index (χ1) is 17.4. The van der Waals surface area contributed by atoms with Crippen molar-refractivity contribution in [1.29, 1.82) is 0 Å². The van der Waals surface area contributed by atoms with Gasteiger partial charge in [-0.25, -0.2) is 0 Å². The molecular formula is C27H16F6I2S2. The van der Waals surface area contributed by atoms with E-state index in [-0.39, 0.29) is 0 Å². The Bertz CT molecular complexity index is 1230. The second kappa shape index (κ2) is 11.4. The lowest BCUT2D eigenvalue weighted by Gasteiger charge is -2.38. The minimum Gasteiger partial charge on any atom is -0.169 e. The number of rotatable bonds is 6. The van der Waals surface area contributed by atoms with Crippen LogP contribution in [0.5, 0.6) is 0 Å². The third kappa shape index (κ3) is 6.27. The summed E-state index contributed by atoms with van der Waals surface area (Å²) in [5, 5.41) is 0. The van der Waals surface area contributed by atoms with E-state index in [1.165, 1.54) is 47.8 Å². The molecule has 0 spiro atoms. The van der Waals surface area contributed by atoms with Crippen LogP contribution in [0.3, 0.4) is 0 Å². The molecule has 37 heavy (non-hydrogen) atoms. The van der Waals surface area contributed by atoms with Crippen molar-refractivity contribution in [1.82, 2.24) is 0 Å². The molecule has 4 aromatic carbocycles. The molecule has 0 N–H and O–H groups in total. The van der Waals surface area contributed by atoms with Crippen LogP contribution >= 0.6 is 68.7 Å². The molecule has 0 saturated carbocycles. The molecule has 0 unspecified atom stereocenters. The smallest absolute Gasteiger partial charge is 0.169 e. The van der Waals surface area contributed by atoms with Crippen LogP contribution in [0.2, 0.25) is 0 Å². The number of halogens is 8. The van der Waals surface area contributed by atoms with Crippen LogP contribution in [-0.2, 0) is 5.41 Å². The number of hydrogen-bond acceptors (Lipinski definition) is 2. The second-order valence-electron chi connectivity index (χ2n) is 7.91. The molecule has 10 heteroatoms. The largest absolute Gasteiger partial charge is 0.411 e. The van der Waals surface area contributed by atoms with Crippen LogP contribution in [-0.4, -0.2) is 12.4 Å². The van der Waals surface area contributed by atoms with Crippen LogP contribution in [0.4, 0.5) is 26.3 Å². The molecule has 0 aliphatic heterocycles. The van der Waals surface area contributed by atoms with Crippen LogP contribution in [0.1, 0.15) is 11.1 Å². The molecule has 0 aliphatic carbocycles. The molecule has 0 heterocycles. The molecule has 0 fully saturated rings. The molecule has 0 amide bonds. The summed E-state index contributed by atoms with van der Waals surface area (Å²) in [6.07, 6.45) is -11.2. The summed E-state index contributed by atoms with van der Waals surface area (Å²) in [5.41, 5.74) is -5.92. The summed E-state index contributed by atoms with van der Waals surface area (Å²) in [4.78, 5) is 2.72. The lowest BCUT2D eigenvalue weighted by molar-refractivity contribution is -0.288. The number of hydrogen-bond donors (Lipinski definition) is 0. The Labute approximate surface area is 245 Å². The van der Waals surface area contributed by atoms with E-state index in [2.05, 4.69) is 45.2 Å². The fourth-order valence-electron chi connectivity index (χ4n) is 3.81. The van der Waals surface area contributed by atoms with Crippen molar-refractivity contribution < 1.29 is 26.3 Å². The highest BCUT2D eigenvalue weighted by atomic mass is 127. The van der Waals surface area contributed by atoms with Gasteiger partial charge in [-0.3, -0.25) is 0 Å². The normalized spacial score (nSPS) is 12.5. The SMILES string of the molecule is FC(F)(F)C(c1ccc(Sc2ccc(I)cc2)cc1)(c1ccc(Sc2ccc(I)cc2)cc1)C(F)(F)F. The quantitative estimate of drug-likeness (QED) is 0.141. The molecule has 0 saturated heterocycles. The van der Waals surface area contributed by atoms with Crippen LogP contribution in [0, 0.1) is 7.14 Å². The molecule has 192 valence electrons. The molecule has 0 nitrogen and oxygen atoms in total. The molecule has 0 bridgehead atoms. The fourth-order valence-corrected chi connectivity index (χ4v) is 6.16. The Kier molecular flexibility index (Phi) is 8.81.